The molecule has 6 nitrogen and oxygen atoms in total. The molecule has 0 bridgehead atoms. The first-order valence-electron chi connectivity index (χ1n) is 6.94. The van der Waals surface area contributed by atoms with Gasteiger partial charge in [0.15, 0.2) is 0 Å². The van der Waals surface area contributed by atoms with Gasteiger partial charge >= 0.3 is 0 Å². The van der Waals surface area contributed by atoms with Gasteiger partial charge in [-0.1, -0.05) is 6.07 Å². The van der Waals surface area contributed by atoms with Crippen molar-refractivity contribution in [2.45, 2.75) is 37.6 Å². The highest BCUT2D eigenvalue weighted by Crippen LogP contribution is 2.25. The number of nitrogens with one attached hydrogen (secondary N) is 1. The molecule has 7 heteroatoms. The Hall–Kier alpha value is -1.44. The van der Waals surface area contributed by atoms with Gasteiger partial charge in [-0.15, -0.1) is 0 Å². The Morgan fingerprint density at radius 1 is 1.43 bits per heavy atom. The first-order chi connectivity index (χ1) is 9.80. The van der Waals surface area contributed by atoms with Crippen LogP contribution in [0.1, 0.15) is 25.3 Å². The largest absolute Gasteiger partial charge is 0.327 e. The van der Waals surface area contributed by atoms with Gasteiger partial charge in [-0.25, -0.2) is 8.42 Å². The van der Waals surface area contributed by atoms with Crippen LogP contribution in [0.15, 0.2) is 23.1 Å². The van der Waals surface area contributed by atoms with Gasteiger partial charge in [0.25, 0.3) is 0 Å². The van der Waals surface area contributed by atoms with Crippen molar-refractivity contribution in [1.82, 2.24) is 4.31 Å². The minimum absolute atomic E-state index is 0.118. The summed E-state index contributed by atoms with van der Waals surface area (Å²) in [5.41, 5.74) is 7.01. The van der Waals surface area contributed by atoms with Crippen LogP contribution in [0.2, 0.25) is 0 Å². The average Bonchev–Trinajstić information content (AvgIpc) is 2.40. The molecule has 0 aromatic heterocycles. The van der Waals surface area contributed by atoms with Crippen LogP contribution in [-0.2, 0) is 14.8 Å². The second-order valence-corrected chi connectivity index (χ2v) is 7.33. The van der Waals surface area contributed by atoms with E-state index in [-0.39, 0.29) is 16.8 Å². The number of sulfonamides is 1. The molecule has 1 saturated heterocycles. The number of rotatable bonds is 3. The van der Waals surface area contributed by atoms with Crippen molar-refractivity contribution in [2.24, 2.45) is 5.73 Å². The number of carbonyl (C=O) groups is 1. The van der Waals surface area contributed by atoms with E-state index in [9.17, 15) is 13.2 Å². The second-order valence-electron chi connectivity index (χ2n) is 5.43. The molecule has 1 amide bonds. The quantitative estimate of drug-likeness (QED) is 0.873. The zero-order valence-electron chi connectivity index (χ0n) is 12.3. The van der Waals surface area contributed by atoms with Crippen molar-refractivity contribution >= 4 is 21.6 Å². The molecule has 1 unspecified atom stereocenters. The number of anilines is 1. The van der Waals surface area contributed by atoms with Gasteiger partial charge in [-0.3, -0.25) is 4.79 Å². The average molecular weight is 311 g/mol. The number of nitrogens with zero attached hydrogens (tertiary/aromatic N) is 1. The smallest absolute Gasteiger partial charge is 0.243 e. The molecular formula is C14H21N3O3S. The summed E-state index contributed by atoms with van der Waals surface area (Å²) in [6, 6.07) is 4.78. The molecule has 21 heavy (non-hydrogen) atoms. The van der Waals surface area contributed by atoms with Crippen molar-refractivity contribution < 1.29 is 13.2 Å². The molecule has 3 N–H and O–H groups in total. The minimum Gasteiger partial charge on any atom is -0.327 e. The van der Waals surface area contributed by atoms with Crippen LogP contribution < -0.4 is 11.1 Å². The number of hydrogen-bond acceptors (Lipinski definition) is 4. The molecule has 1 heterocycles. The lowest BCUT2D eigenvalue weighted by atomic mass is 10.1. The maximum absolute atomic E-state index is 12.7. The Bertz CT molecular complexity index is 643. The second kappa shape index (κ2) is 6.13. The molecule has 2 rings (SSSR count). The summed E-state index contributed by atoms with van der Waals surface area (Å²) >= 11 is 0. The molecule has 0 radical (unpaired) electrons. The van der Waals surface area contributed by atoms with E-state index < -0.39 is 10.0 Å². The Kier molecular flexibility index (Phi) is 4.65. The first-order valence-corrected chi connectivity index (χ1v) is 8.38. The fraction of sp³-hybridized carbons (Fsp3) is 0.500. The lowest BCUT2D eigenvalue weighted by molar-refractivity contribution is -0.114. The number of benzene rings is 1. The fourth-order valence-electron chi connectivity index (χ4n) is 2.49. The third kappa shape index (κ3) is 3.61. The summed E-state index contributed by atoms with van der Waals surface area (Å²) < 4.78 is 26.9. The summed E-state index contributed by atoms with van der Waals surface area (Å²) in [5, 5.41) is 2.61. The summed E-state index contributed by atoms with van der Waals surface area (Å²) in [6.45, 7) is 3.96. The number of amides is 1. The van der Waals surface area contributed by atoms with Crippen molar-refractivity contribution in [3.05, 3.63) is 23.8 Å². The summed E-state index contributed by atoms with van der Waals surface area (Å²) in [6.07, 6.45) is 1.61. The number of aryl methyl sites for hydroxylation is 1. The van der Waals surface area contributed by atoms with E-state index in [0.717, 1.165) is 12.8 Å². The topological polar surface area (TPSA) is 92.5 Å². The SMILES string of the molecule is CC(=O)Nc1ccc(C)c(S(=O)(=O)N2CCCC(N)C2)c1. The number of nitrogens with two attached hydrogens (primary N) is 1. The van der Waals surface area contributed by atoms with Gasteiger partial charge < -0.3 is 11.1 Å². The molecule has 1 aliphatic rings. The van der Waals surface area contributed by atoms with Gasteiger partial charge in [0.2, 0.25) is 15.9 Å². The monoisotopic (exact) mass is 311 g/mol. The van der Waals surface area contributed by atoms with Gasteiger partial charge in [0.1, 0.15) is 0 Å². The van der Waals surface area contributed by atoms with Crippen molar-refractivity contribution in [1.29, 1.82) is 0 Å². The molecule has 0 spiro atoms. The van der Waals surface area contributed by atoms with Crippen LogP contribution in [0.4, 0.5) is 5.69 Å². The molecule has 1 atom stereocenters. The van der Waals surface area contributed by atoms with Crippen LogP contribution >= 0.6 is 0 Å². The lowest BCUT2D eigenvalue weighted by Crippen LogP contribution is -2.45. The van der Waals surface area contributed by atoms with E-state index in [4.69, 9.17) is 5.73 Å². The molecule has 1 aromatic rings. The molecular weight excluding hydrogens is 290 g/mol. The summed E-state index contributed by atoms with van der Waals surface area (Å²) in [4.78, 5) is 11.3. The molecule has 1 aromatic carbocycles. The Labute approximate surface area is 125 Å². The zero-order chi connectivity index (χ0) is 15.6. The molecule has 0 aliphatic carbocycles. The third-order valence-corrected chi connectivity index (χ3v) is 5.55. The highest BCUT2D eigenvalue weighted by atomic mass is 32.2. The highest BCUT2D eigenvalue weighted by Gasteiger charge is 2.30. The van der Waals surface area contributed by atoms with E-state index >= 15 is 0 Å². The Morgan fingerprint density at radius 3 is 2.76 bits per heavy atom. The highest BCUT2D eigenvalue weighted by molar-refractivity contribution is 7.89. The van der Waals surface area contributed by atoms with Crippen LogP contribution in [0.25, 0.3) is 0 Å². The van der Waals surface area contributed by atoms with E-state index in [2.05, 4.69) is 5.32 Å². The van der Waals surface area contributed by atoms with Gasteiger partial charge in [0, 0.05) is 31.7 Å². The van der Waals surface area contributed by atoms with E-state index in [1.54, 1.807) is 19.1 Å². The van der Waals surface area contributed by atoms with Crippen molar-refractivity contribution in [3.63, 3.8) is 0 Å². The normalized spacial score (nSPS) is 20.2. The van der Waals surface area contributed by atoms with Crippen LogP contribution in [0, 0.1) is 6.92 Å². The van der Waals surface area contributed by atoms with Gasteiger partial charge in [-0.2, -0.15) is 4.31 Å². The number of piperidine rings is 1. The third-order valence-electron chi connectivity index (χ3n) is 3.55. The molecule has 1 fully saturated rings. The Balaban J connectivity index is 2.36. The standard InChI is InChI=1S/C14H21N3O3S/c1-10-5-6-13(16-11(2)18)8-14(10)21(19,20)17-7-3-4-12(15)9-17/h5-6,8,12H,3-4,7,9,15H2,1-2H3,(H,16,18). The predicted molar refractivity (Wildman–Crippen MR) is 81.5 cm³/mol. The van der Waals surface area contributed by atoms with E-state index in [1.165, 1.54) is 17.3 Å². The van der Waals surface area contributed by atoms with E-state index in [1.807, 2.05) is 0 Å². The van der Waals surface area contributed by atoms with Gasteiger partial charge in [-0.05, 0) is 37.5 Å². The predicted octanol–water partition coefficient (Wildman–Crippen LogP) is 1.07. The van der Waals surface area contributed by atoms with Crippen LogP contribution in [0.3, 0.4) is 0 Å². The number of carbonyl (C=O) groups excluding carboxylic acids is 1. The van der Waals surface area contributed by atoms with Crippen molar-refractivity contribution in [3.8, 4) is 0 Å². The fourth-order valence-corrected chi connectivity index (χ4v) is 4.28. The van der Waals surface area contributed by atoms with Crippen LogP contribution in [0.5, 0.6) is 0 Å². The number of hydrogen-bond donors (Lipinski definition) is 2. The maximum Gasteiger partial charge on any atom is 0.243 e. The zero-order valence-corrected chi connectivity index (χ0v) is 13.1. The lowest BCUT2D eigenvalue weighted by Gasteiger charge is -2.30. The first kappa shape index (κ1) is 15.9. The molecule has 116 valence electrons. The van der Waals surface area contributed by atoms with Crippen LogP contribution in [-0.4, -0.2) is 37.8 Å². The minimum atomic E-state index is -3.58. The summed E-state index contributed by atoms with van der Waals surface area (Å²) in [5.74, 6) is -0.234. The van der Waals surface area contributed by atoms with E-state index in [0.29, 0.717) is 24.3 Å². The maximum atomic E-state index is 12.7. The molecule has 0 saturated carbocycles. The molecule has 1 aliphatic heterocycles. The summed E-state index contributed by atoms with van der Waals surface area (Å²) in [7, 11) is -3.58. The van der Waals surface area contributed by atoms with Gasteiger partial charge in [0.05, 0.1) is 4.90 Å². The Morgan fingerprint density at radius 2 is 2.14 bits per heavy atom. The van der Waals surface area contributed by atoms with Crippen molar-refractivity contribution in [2.75, 3.05) is 18.4 Å².